The van der Waals surface area contributed by atoms with Gasteiger partial charge in [0.05, 0.1) is 7.11 Å². The van der Waals surface area contributed by atoms with Crippen molar-refractivity contribution in [1.82, 2.24) is 5.06 Å². The van der Waals surface area contributed by atoms with Crippen LogP contribution in [0.4, 0.5) is 13.2 Å². The van der Waals surface area contributed by atoms with Gasteiger partial charge < -0.3 is 5.11 Å². The Bertz CT molecular complexity index is 326. The Labute approximate surface area is 103 Å². The smallest absolute Gasteiger partial charge is 0.383 e. The number of hydroxylamine groups is 2. The van der Waals surface area contributed by atoms with E-state index >= 15 is 0 Å². The Morgan fingerprint density at radius 3 is 2.50 bits per heavy atom. The van der Waals surface area contributed by atoms with E-state index in [9.17, 15) is 23.1 Å². The summed E-state index contributed by atoms with van der Waals surface area (Å²) in [4.78, 5) is 15.8. The lowest BCUT2D eigenvalue weighted by atomic mass is 10.1. The van der Waals surface area contributed by atoms with Gasteiger partial charge in [0.1, 0.15) is 6.10 Å². The molecule has 0 aliphatic heterocycles. The molecule has 0 heterocycles. The fraction of sp³-hybridized carbons (Fsp3) is 0.545. The van der Waals surface area contributed by atoms with Gasteiger partial charge in [0.25, 0.3) is 5.91 Å². The predicted octanol–water partition coefficient (Wildman–Crippen LogP) is 1.82. The normalized spacial score (nSPS) is 14.2. The molecular formula is C11H16F3NO3. The van der Waals surface area contributed by atoms with Crippen LogP contribution in [0.2, 0.25) is 0 Å². The quantitative estimate of drug-likeness (QED) is 0.590. The minimum absolute atomic E-state index is 0.371. The fourth-order valence-corrected chi connectivity index (χ4v) is 1.12. The summed E-state index contributed by atoms with van der Waals surface area (Å²) in [7, 11) is 2.46. The second kappa shape index (κ2) is 7.17. The predicted molar refractivity (Wildman–Crippen MR) is 59.4 cm³/mol. The van der Waals surface area contributed by atoms with Gasteiger partial charge in [0.15, 0.2) is 0 Å². The fourth-order valence-electron chi connectivity index (χ4n) is 1.12. The van der Waals surface area contributed by atoms with E-state index in [4.69, 9.17) is 0 Å². The van der Waals surface area contributed by atoms with Crippen molar-refractivity contribution in [2.24, 2.45) is 0 Å². The van der Waals surface area contributed by atoms with Crippen LogP contribution in [0.15, 0.2) is 24.3 Å². The topological polar surface area (TPSA) is 49.8 Å². The molecule has 0 aromatic heterocycles. The second-order valence-corrected chi connectivity index (χ2v) is 3.49. The van der Waals surface area contributed by atoms with Gasteiger partial charge in [0, 0.05) is 19.0 Å². The Morgan fingerprint density at radius 1 is 1.56 bits per heavy atom. The number of alkyl halides is 3. The monoisotopic (exact) mass is 267 g/mol. The third-order valence-electron chi connectivity index (χ3n) is 2.19. The number of carbonyl (C=O) groups is 1. The molecule has 0 rings (SSSR count). The lowest BCUT2D eigenvalue weighted by Crippen LogP contribution is -2.35. The van der Waals surface area contributed by atoms with E-state index in [0.29, 0.717) is 0 Å². The number of hydrogen-bond acceptors (Lipinski definition) is 3. The van der Waals surface area contributed by atoms with Crippen molar-refractivity contribution < 1.29 is 27.9 Å². The van der Waals surface area contributed by atoms with Crippen LogP contribution < -0.4 is 0 Å². The largest absolute Gasteiger partial charge is 0.412 e. The summed E-state index contributed by atoms with van der Waals surface area (Å²) >= 11 is 0. The average molecular weight is 267 g/mol. The highest BCUT2D eigenvalue weighted by Crippen LogP contribution is 2.28. The highest BCUT2D eigenvalue weighted by Gasteiger charge is 2.32. The maximum atomic E-state index is 12.5. The number of allylic oxidation sites excluding steroid dienone is 2. The number of aliphatic hydroxyl groups excluding tert-OH is 1. The lowest BCUT2D eigenvalue weighted by Gasteiger charge is -2.17. The minimum atomic E-state index is -4.50. The Kier molecular flexibility index (Phi) is 6.64. The molecule has 0 unspecified atom stereocenters. The first-order valence-corrected chi connectivity index (χ1v) is 5.10. The van der Waals surface area contributed by atoms with E-state index in [0.717, 1.165) is 17.2 Å². The molecule has 0 aliphatic rings. The van der Waals surface area contributed by atoms with Crippen molar-refractivity contribution in [2.45, 2.75) is 25.1 Å². The van der Waals surface area contributed by atoms with Gasteiger partial charge in [-0.25, -0.2) is 5.06 Å². The first-order valence-electron chi connectivity index (χ1n) is 5.10. The van der Waals surface area contributed by atoms with Crippen molar-refractivity contribution in [2.75, 3.05) is 14.2 Å². The number of rotatable bonds is 6. The van der Waals surface area contributed by atoms with Gasteiger partial charge in [0.2, 0.25) is 0 Å². The number of aliphatic hydroxyl groups is 1. The van der Waals surface area contributed by atoms with E-state index in [-0.39, 0.29) is 6.42 Å². The van der Waals surface area contributed by atoms with Crippen LogP contribution in [0, 0.1) is 0 Å². The number of likely N-dealkylation sites (N-methyl/N-ethyl adjacent to an activating group) is 1. The van der Waals surface area contributed by atoms with E-state index in [2.05, 4.69) is 11.4 Å². The molecule has 0 radical (unpaired) electrons. The van der Waals surface area contributed by atoms with Crippen LogP contribution in [0.25, 0.3) is 0 Å². The highest BCUT2D eigenvalue weighted by atomic mass is 19.4. The van der Waals surface area contributed by atoms with Crippen molar-refractivity contribution in [3.05, 3.63) is 24.3 Å². The molecule has 1 atom stereocenters. The Balaban J connectivity index is 4.67. The summed E-state index contributed by atoms with van der Waals surface area (Å²) in [6, 6.07) is 0. The summed E-state index contributed by atoms with van der Waals surface area (Å²) in [5, 5.41) is 10.1. The molecule has 0 spiro atoms. The van der Waals surface area contributed by atoms with E-state index in [1.165, 1.54) is 14.2 Å². The molecule has 0 bridgehead atoms. The van der Waals surface area contributed by atoms with Crippen molar-refractivity contribution in [3.63, 3.8) is 0 Å². The first-order chi connectivity index (χ1) is 8.23. The third kappa shape index (κ3) is 5.33. The molecule has 0 saturated carbocycles. The van der Waals surface area contributed by atoms with Gasteiger partial charge in [-0.3, -0.25) is 9.63 Å². The second-order valence-electron chi connectivity index (χ2n) is 3.49. The Hall–Kier alpha value is -1.34. The first kappa shape index (κ1) is 16.7. The van der Waals surface area contributed by atoms with Crippen LogP contribution in [0.3, 0.4) is 0 Å². The van der Waals surface area contributed by atoms with E-state index in [1.807, 2.05) is 0 Å². The molecule has 1 amide bonds. The molecular weight excluding hydrogens is 251 g/mol. The van der Waals surface area contributed by atoms with E-state index < -0.39 is 30.2 Å². The third-order valence-corrected chi connectivity index (χ3v) is 2.19. The Morgan fingerprint density at radius 2 is 2.11 bits per heavy atom. The van der Waals surface area contributed by atoms with Crippen LogP contribution in [-0.4, -0.2) is 42.5 Å². The molecule has 7 heteroatoms. The van der Waals surface area contributed by atoms with Gasteiger partial charge in [-0.05, 0) is 6.42 Å². The molecule has 0 fully saturated rings. The number of amides is 1. The SMILES string of the molecule is C=CCC(=CC[C@H](O)C(=O)N(C)OC)C(F)(F)F. The minimum Gasteiger partial charge on any atom is -0.383 e. The lowest BCUT2D eigenvalue weighted by molar-refractivity contribution is -0.177. The van der Waals surface area contributed by atoms with Gasteiger partial charge in [-0.2, -0.15) is 13.2 Å². The summed E-state index contributed by atoms with van der Waals surface area (Å²) in [5.74, 6) is -0.811. The summed E-state index contributed by atoms with van der Waals surface area (Å²) in [5.41, 5.74) is -0.843. The number of hydrogen-bond donors (Lipinski definition) is 1. The standard InChI is InChI=1S/C11H16F3NO3/c1-4-5-8(11(12,13)14)6-7-9(16)10(17)15(2)18-3/h4,6,9,16H,1,5,7H2,2-3H3/t9-/m0/s1. The van der Waals surface area contributed by atoms with E-state index in [1.54, 1.807) is 0 Å². The molecule has 104 valence electrons. The van der Waals surface area contributed by atoms with Crippen LogP contribution in [0.1, 0.15) is 12.8 Å². The van der Waals surface area contributed by atoms with Crippen molar-refractivity contribution >= 4 is 5.91 Å². The molecule has 0 aromatic carbocycles. The molecule has 1 N–H and O–H groups in total. The van der Waals surface area contributed by atoms with Gasteiger partial charge in [-0.15, -0.1) is 6.58 Å². The number of nitrogens with zero attached hydrogens (tertiary/aromatic N) is 1. The highest BCUT2D eigenvalue weighted by molar-refractivity contribution is 5.79. The zero-order valence-electron chi connectivity index (χ0n) is 10.2. The van der Waals surface area contributed by atoms with Crippen molar-refractivity contribution in [3.8, 4) is 0 Å². The maximum absolute atomic E-state index is 12.5. The molecule has 0 aliphatic carbocycles. The van der Waals surface area contributed by atoms with Gasteiger partial charge >= 0.3 is 6.18 Å². The van der Waals surface area contributed by atoms with Crippen LogP contribution in [-0.2, 0) is 9.63 Å². The van der Waals surface area contributed by atoms with Crippen LogP contribution >= 0.6 is 0 Å². The number of halogens is 3. The summed E-state index contributed by atoms with van der Waals surface area (Å²) < 4.78 is 37.4. The van der Waals surface area contributed by atoms with Gasteiger partial charge in [-0.1, -0.05) is 12.2 Å². The maximum Gasteiger partial charge on any atom is 0.412 e. The number of carbonyl (C=O) groups excluding carboxylic acids is 1. The molecule has 0 aromatic rings. The average Bonchev–Trinajstić information content (AvgIpc) is 2.30. The molecule has 0 saturated heterocycles. The van der Waals surface area contributed by atoms with Crippen LogP contribution in [0.5, 0.6) is 0 Å². The molecule has 4 nitrogen and oxygen atoms in total. The summed E-state index contributed by atoms with van der Waals surface area (Å²) in [6.45, 7) is 3.22. The zero-order valence-corrected chi connectivity index (χ0v) is 10.2. The van der Waals surface area contributed by atoms with Crippen molar-refractivity contribution in [1.29, 1.82) is 0 Å². The summed E-state index contributed by atoms with van der Waals surface area (Å²) in [6.07, 6.45) is -4.98. The molecule has 18 heavy (non-hydrogen) atoms. The zero-order chi connectivity index (χ0) is 14.3.